The van der Waals surface area contributed by atoms with Crippen LogP contribution >= 0.6 is 23.1 Å². The van der Waals surface area contributed by atoms with Gasteiger partial charge in [-0.15, -0.1) is 11.3 Å². The molecule has 0 aliphatic rings. The van der Waals surface area contributed by atoms with E-state index in [-0.39, 0.29) is 5.56 Å². The highest BCUT2D eigenvalue weighted by atomic mass is 32.2. The van der Waals surface area contributed by atoms with Crippen molar-refractivity contribution in [2.45, 2.75) is 9.50 Å². The third kappa shape index (κ3) is 2.22. The molecular weight excluding hydrogens is 268 g/mol. The highest BCUT2D eigenvalue weighted by Gasteiger charge is 2.07. The van der Waals surface area contributed by atoms with Gasteiger partial charge in [-0.05, 0) is 30.0 Å². The van der Waals surface area contributed by atoms with Gasteiger partial charge in [0.1, 0.15) is 0 Å². The van der Waals surface area contributed by atoms with Crippen LogP contribution in [0.3, 0.4) is 0 Å². The zero-order valence-corrected chi connectivity index (χ0v) is 10.7. The number of rotatable bonds is 2. The number of nitrogens with one attached hydrogen (secondary N) is 1. The van der Waals surface area contributed by atoms with Crippen molar-refractivity contribution in [2.24, 2.45) is 0 Å². The zero-order valence-electron chi connectivity index (χ0n) is 9.08. The van der Waals surface area contributed by atoms with Gasteiger partial charge in [-0.3, -0.25) is 4.79 Å². The molecule has 2 heterocycles. The van der Waals surface area contributed by atoms with Crippen molar-refractivity contribution in [3.05, 3.63) is 40.8 Å². The first kappa shape index (κ1) is 11.2. The van der Waals surface area contributed by atoms with Crippen LogP contribution < -0.4 is 11.3 Å². The van der Waals surface area contributed by atoms with Gasteiger partial charge in [-0.25, -0.2) is 9.97 Å². The average molecular weight is 276 g/mol. The molecule has 0 radical (unpaired) electrons. The van der Waals surface area contributed by atoms with E-state index in [1.54, 1.807) is 0 Å². The second-order valence-electron chi connectivity index (χ2n) is 3.55. The number of H-pyrrole nitrogens is 1. The number of fused-ring (bicyclic) bond motifs is 1. The van der Waals surface area contributed by atoms with Crippen LogP contribution in [0.15, 0.2) is 44.8 Å². The molecule has 0 amide bonds. The van der Waals surface area contributed by atoms with E-state index >= 15 is 0 Å². The number of nitrogens with two attached hydrogens (primary N) is 1. The molecule has 18 heavy (non-hydrogen) atoms. The number of nitrogen functional groups attached to an aromatic ring is 1. The second-order valence-corrected chi connectivity index (χ2v) is 5.81. The zero-order chi connectivity index (χ0) is 12.5. The van der Waals surface area contributed by atoms with E-state index in [1.165, 1.54) is 35.4 Å². The number of hydrogen-bond donors (Lipinski definition) is 2. The summed E-state index contributed by atoms with van der Waals surface area (Å²) in [6, 6.07) is 6.97. The fraction of sp³-hybridized carbons (Fsp3) is 0. The molecule has 0 saturated heterocycles. The van der Waals surface area contributed by atoms with Crippen LogP contribution in [0.5, 0.6) is 0 Å². The number of benzene rings is 1. The van der Waals surface area contributed by atoms with Crippen molar-refractivity contribution in [2.75, 3.05) is 5.73 Å². The number of anilines is 1. The molecule has 2 aromatic heterocycles. The van der Waals surface area contributed by atoms with Gasteiger partial charge in [0.05, 0.1) is 10.2 Å². The van der Waals surface area contributed by atoms with Crippen LogP contribution in [0.25, 0.3) is 10.2 Å². The summed E-state index contributed by atoms with van der Waals surface area (Å²) >= 11 is 2.86. The lowest BCUT2D eigenvalue weighted by molar-refractivity contribution is 0.936. The molecule has 3 N–H and O–H groups in total. The lowest BCUT2D eigenvalue weighted by Crippen LogP contribution is -2.04. The summed E-state index contributed by atoms with van der Waals surface area (Å²) in [5, 5.41) is 0.537. The minimum absolute atomic E-state index is 0.169. The third-order valence-corrected chi connectivity index (χ3v) is 4.20. The molecule has 0 bridgehead atoms. The number of aromatic nitrogens is 3. The Morgan fingerprint density at radius 2 is 2.22 bits per heavy atom. The van der Waals surface area contributed by atoms with Gasteiger partial charge in [-0.2, -0.15) is 0 Å². The smallest absolute Gasteiger partial charge is 0.251 e. The quantitative estimate of drug-likeness (QED) is 0.553. The monoisotopic (exact) mass is 276 g/mol. The maximum Gasteiger partial charge on any atom is 0.251 e. The Hall–Kier alpha value is -1.86. The molecule has 7 heteroatoms. The van der Waals surface area contributed by atoms with Gasteiger partial charge in [0.2, 0.25) is 0 Å². The van der Waals surface area contributed by atoms with Gasteiger partial charge in [0, 0.05) is 18.0 Å². The summed E-state index contributed by atoms with van der Waals surface area (Å²) < 4.78 is 1.85. The van der Waals surface area contributed by atoms with Crippen molar-refractivity contribution in [1.82, 2.24) is 15.0 Å². The van der Waals surface area contributed by atoms with Crippen LogP contribution in [-0.2, 0) is 0 Å². The molecular formula is C11H8N4OS2. The Balaban J connectivity index is 1.98. The van der Waals surface area contributed by atoms with Crippen molar-refractivity contribution in [3.8, 4) is 0 Å². The van der Waals surface area contributed by atoms with Crippen molar-refractivity contribution < 1.29 is 0 Å². The maximum absolute atomic E-state index is 11.2. The number of nitrogens with zero attached hydrogens (tertiary/aromatic N) is 2. The summed E-state index contributed by atoms with van der Waals surface area (Å²) in [6.07, 6.45) is 1.48. The van der Waals surface area contributed by atoms with Crippen LogP contribution in [-0.4, -0.2) is 15.0 Å². The molecule has 3 aromatic rings. The molecule has 90 valence electrons. The molecule has 5 nitrogen and oxygen atoms in total. The highest BCUT2D eigenvalue weighted by molar-refractivity contribution is 8.01. The second kappa shape index (κ2) is 4.43. The molecule has 3 rings (SSSR count). The Labute approximate surface area is 110 Å². The molecule has 0 saturated carbocycles. The predicted molar refractivity (Wildman–Crippen MR) is 73.0 cm³/mol. The largest absolute Gasteiger partial charge is 0.399 e. The minimum Gasteiger partial charge on any atom is -0.399 e. The fourth-order valence-electron chi connectivity index (χ4n) is 1.45. The van der Waals surface area contributed by atoms with Gasteiger partial charge in [0.25, 0.3) is 5.56 Å². The van der Waals surface area contributed by atoms with E-state index in [2.05, 4.69) is 15.0 Å². The van der Waals surface area contributed by atoms with Crippen molar-refractivity contribution >= 4 is 39.0 Å². The molecule has 0 unspecified atom stereocenters. The Kier molecular flexibility index (Phi) is 2.77. The highest BCUT2D eigenvalue weighted by Crippen LogP contribution is 2.32. The first-order valence-corrected chi connectivity index (χ1v) is 6.73. The van der Waals surface area contributed by atoms with Gasteiger partial charge >= 0.3 is 0 Å². The minimum atomic E-state index is -0.169. The number of thiazole rings is 1. The fourth-order valence-corrected chi connectivity index (χ4v) is 3.44. The van der Waals surface area contributed by atoms with Crippen LogP contribution in [0.1, 0.15) is 0 Å². The Morgan fingerprint density at radius 1 is 1.33 bits per heavy atom. The van der Waals surface area contributed by atoms with Gasteiger partial charge < -0.3 is 10.7 Å². The Morgan fingerprint density at radius 3 is 3.06 bits per heavy atom. The van der Waals surface area contributed by atoms with E-state index in [9.17, 15) is 4.79 Å². The maximum atomic E-state index is 11.2. The third-order valence-electron chi connectivity index (χ3n) is 2.22. The number of aromatic amines is 1. The molecule has 0 spiro atoms. The van der Waals surface area contributed by atoms with Crippen LogP contribution in [0.4, 0.5) is 5.69 Å². The lowest BCUT2D eigenvalue weighted by Gasteiger charge is -1.93. The predicted octanol–water partition coefficient (Wildman–Crippen LogP) is 2.11. The summed E-state index contributed by atoms with van der Waals surface area (Å²) in [5.41, 5.74) is 7.16. The van der Waals surface area contributed by atoms with E-state index in [0.717, 1.165) is 14.6 Å². The SMILES string of the molecule is Nc1ccc2nc(Sc3nccc(=O)[nH]3)sc2c1. The first-order valence-electron chi connectivity index (χ1n) is 5.10. The normalized spacial score (nSPS) is 10.9. The van der Waals surface area contributed by atoms with Crippen molar-refractivity contribution in [3.63, 3.8) is 0 Å². The van der Waals surface area contributed by atoms with Crippen molar-refractivity contribution in [1.29, 1.82) is 0 Å². The summed E-state index contributed by atoms with van der Waals surface area (Å²) in [7, 11) is 0. The summed E-state index contributed by atoms with van der Waals surface area (Å²) in [5.74, 6) is 0. The van der Waals surface area contributed by atoms with Gasteiger partial charge in [-0.1, -0.05) is 0 Å². The lowest BCUT2D eigenvalue weighted by atomic mass is 10.3. The average Bonchev–Trinajstić information content (AvgIpc) is 2.70. The van der Waals surface area contributed by atoms with E-state index in [0.29, 0.717) is 10.8 Å². The molecule has 0 aliphatic heterocycles. The van der Waals surface area contributed by atoms with Crippen LogP contribution in [0, 0.1) is 0 Å². The first-order chi connectivity index (χ1) is 8.70. The molecule has 0 atom stereocenters. The summed E-state index contributed by atoms with van der Waals surface area (Å²) in [6.45, 7) is 0. The summed E-state index contributed by atoms with van der Waals surface area (Å²) in [4.78, 5) is 22.3. The van der Waals surface area contributed by atoms with Gasteiger partial charge in [0.15, 0.2) is 9.50 Å². The molecule has 0 aliphatic carbocycles. The van der Waals surface area contributed by atoms with E-state index in [4.69, 9.17) is 5.73 Å². The van der Waals surface area contributed by atoms with E-state index < -0.39 is 0 Å². The Bertz CT molecular complexity index is 765. The van der Waals surface area contributed by atoms with Crippen LogP contribution in [0.2, 0.25) is 0 Å². The molecule has 1 aromatic carbocycles. The number of hydrogen-bond acceptors (Lipinski definition) is 6. The standard InChI is InChI=1S/C11H8N4OS2/c12-6-1-2-7-8(5-6)17-11(14-7)18-10-13-4-3-9(16)15-10/h1-5H,12H2,(H,13,15,16). The van der Waals surface area contributed by atoms with E-state index in [1.807, 2.05) is 18.2 Å². The molecule has 0 fully saturated rings. The topological polar surface area (TPSA) is 84.7 Å².